The molecule has 0 heterocycles. The highest BCUT2D eigenvalue weighted by molar-refractivity contribution is 5.88. The van der Waals surface area contributed by atoms with Crippen LogP contribution in [0.2, 0.25) is 0 Å². The van der Waals surface area contributed by atoms with Crippen molar-refractivity contribution in [2.45, 2.75) is 46.0 Å². The van der Waals surface area contributed by atoms with Crippen LogP contribution in [0.1, 0.15) is 46.0 Å². The summed E-state index contributed by atoms with van der Waals surface area (Å²) in [6, 6.07) is 14.0. The fourth-order valence-electron chi connectivity index (χ4n) is 3.22. The summed E-state index contributed by atoms with van der Waals surface area (Å²) in [4.78, 5) is 26.1. The lowest BCUT2D eigenvalue weighted by atomic mass is 10.1. The van der Waals surface area contributed by atoms with Crippen LogP contribution in [0, 0.1) is 0 Å². The van der Waals surface area contributed by atoms with E-state index >= 15 is 0 Å². The molecule has 2 aromatic rings. The lowest BCUT2D eigenvalue weighted by molar-refractivity contribution is -0.131. The number of nitrogens with one attached hydrogen (secondary N) is 1. The van der Waals surface area contributed by atoms with Crippen LogP contribution in [0.25, 0.3) is 10.8 Å². The Morgan fingerprint density at radius 1 is 0.964 bits per heavy atom. The molecule has 0 fully saturated rings. The van der Waals surface area contributed by atoms with Gasteiger partial charge in [-0.25, -0.2) is 0 Å². The van der Waals surface area contributed by atoms with Gasteiger partial charge in [0.2, 0.25) is 11.8 Å². The van der Waals surface area contributed by atoms with Crippen molar-refractivity contribution in [1.82, 2.24) is 10.2 Å². The summed E-state index contributed by atoms with van der Waals surface area (Å²) in [6.45, 7) is 6.61. The highest BCUT2D eigenvalue weighted by Crippen LogP contribution is 2.24. The number of nitrogens with zero attached hydrogens (tertiary/aromatic N) is 1. The highest BCUT2D eigenvalue weighted by atomic mass is 16.5. The molecule has 5 nitrogen and oxygen atoms in total. The highest BCUT2D eigenvalue weighted by Gasteiger charge is 2.12. The van der Waals surface area contributed by atoms with Crippen molar-refractivity contribution in [1.29, 1.82) is 0 Å². The van der Waals surface area contributed by atoms with Gasteiger partial charge < -0.3 is 15.0 Å². The van der Waals surface area contributed by atoms with E-state index in [0.717, 1.165) is 42.5 Å². The van der Waals surface area contributed by atoms with Gasteiger partial charge in [0.1, 0.15) is 12.4 Å². The molecular formula is C23H32N2O3. The van der Waals surface area contributed by atoms with Crippen molar-refractivity contribution in [3.05, 3.63) is 42.5 Å². The number of carbonyl (C=O) groups excluding carboxylic acids is 2. The standard InChI is InChI=1S/C23H32N2O3/c1-3-16-25(17-4-2)23(27)14-8-13-22(26)24-15-18-28-21-12-7-10-19-9-5-6-11-20(19)21/h5-7,9-12H,3-4,8,13-18H2,1-2H3,(H,24,26). The molecule has 0 aliphatic carbocycles. The van der Waals surface area contributed by atoms with Crippen LogP contribution in [0.15, 0.2) is 42.5 Å². The molecular weight excluding hydrogens is 352 g/mol. The number of benzene rings is 2. The number of ether oxygens (including phenoxy) is 1. The van der Waals surface area contributed by atoms with E-state index in [1.54, 1.807) is 0 Å². The molecule has 0 radical (unpaired) electrons. The van der Waals surface area contributed by atoms with Gasteiger partial charge in [-0.1, -0.05) is 50.2 Å². The minimum atomic E-state index is -0.0353. The number of fused-ring (bicyclic) bond motifs is 1. The summed E-state index contributed by atoms with van der Waals surface area (Å²) >= 11 is 0. The largest absolute Gasteiger partial charge is 0.491 e. The summed E-state index contributed by atoms with van der Waals surface area (Å²) in [5, 5.41) is 5.07. The molecule has 2 aromatic carbocycles. The number of amides is 2. The van der Waals surface area contributed by atoms with Crippen LogP contribution in [-0.4, -0.2) is 43.0 Å². The molecule has 2 rings (SSSR count). The van der Waals surface area contributed by atoms with Crippen molar-refractivity contribution in [3.8, 4) is 5.75 Å². The molecule has 0 unspecified atom stereocenters. The molecule has 0 spiro atoms. The van der Waals surface area contributed by atoms with Crippen molar-refractivity contribution in [3.63, 3.8) is 0 Å². The normalized spacial score (nSPS) is 10.6. The zero-order valence-electron chi connectivity index (χ0n) is 17.1. The Bertz CT molecular complexity index is 749. The van der Waals surface area contributed by atoms with E-state index in [1.165, 1.54) is 0 Å². The molecule has 0 bridgehead atoms. The number of hydrogen-bond acceptors (Lipinski definition) is 3. The zero-order chi connectivity index (χ0) is 20.2. The van der Waals surface area contributed by atoms with Crippen molar-refractivity contribution in [2.24, 2.45) is 0 Å². The molecule has 2 amide bonds. The van der Waals surface area contributed by atoms with E-state index in [-0.39, 0.29) is 11.8 Å². The maximum absolute atomic E-state index is 12.2. The van der Waals surface area contributed by atoms with E-state index in [4.69, 9.17) is 4.74 Å². The SMILES string of the molecule is CCCN(CCC)C(=O)CCCC(=O)NCCOc1cccc2ccccc12. The van der Waals surface area contributed by atoms with Crippen LogP contribution in [0.4, 0.5) is 0 Å². The van der Waals surface area contributed by atoms with Crippen molar-refractivity contribution in [2.75, 3.05) is 26.2 Å². The second-order valence-electron chi connectivity index (χ2n) is 6.91. The molecule has 5 heteroatoms. The Labute approximate surface area is 168 Å². The first-order valence-electron chi connectivity index (χ1n) is 10.3. The third-order valence-electron chi connectivity index (χ3n) is 4.57. The first-order valence-corrected chi connectivity index (χ1v) is 10.3. The summed E-state index contributed by atoms with van der Waals surface area (Å²) in [5.74, 6) is 0.938. The lowest BCUT2D eigenvalue weighted by Crippen LogP contribution is -2.33. The first kappa shape index (κ1) is 21.7. The van der Waals surface area contributed by atoms with Gasteiger partial charge in [0.25, 0.3) is 0 Å². The maximum Gasteiger partial charge on any atom is 0.222 e. The fraction of sp³-hybridized carbons (Fsp3) is 0.478. The second kappa shape index (κ2) is 12.0. The third kappa shape index (κ3) is 6.87. The maximum atomic E-state index is 12.2. The molecule has 0 atom stereocenters. The van der Waals surface area contributed by atoms with Crippen molar-refractivity contribution >= 4 is 22.6 Å². The molecule has 152 valence electrons. The van der Waals surface area contributed by atoms with E-state index in [9.17, 15) is 9.59 Å². The van der Waals surface area contributed by atoms with Gasteiger partial charge in [-0.05, 0) is 30.7 Å². The number of carbonyl (C=O) groups is 2. The lowest BCUT2D eigenvalue weighted by Gasteiger charge is -2.21. The van der Waals surface area contributed by atoms with E-state index in [2.05, 4.69) is 19.2 Å². The van der Waals surface area contributed by atoms with E-state index in [0.29, 0.717) is 32.4 Å². The molecule has 28 heavy (non-hydrogen) atoms. The van der Waals surface area contributed by atoms with Gasteiger partial charge in [-0.15, -0.1) is 0 Å². The number of hydrogen-bond donors (Lipinski definition) is 1. The molecule has 0 aromatic heterocycles. The summed E-state index contributed by atoms with van der Waals surface area (Å²) in [7, 11) is 0. The molecule has 0 aliphatic heterocycles. The molecule has 1 N–H and O–H groups in total. The smallest absolute Gasteiger partial charge is 0.222 e. The fourth-order valence-corrected chi connectivity index (χ4v) is 3.22. The van der Waals surface area contributed by atoms with Gasteiger partial charge in [0.15, 0.2) is 0 Å². The Hall–Kier alpha value is -2.56. The summed E-state index contributed by atoms with van der Waals surface area (Å²) < 4.78 is 5.82. The van der Waals surface area contributed by atoms with Gasteiger partial charge in [0, 0.05) is 31.3 Å². The van der Waals surface area contributed by atoms with Gasteiger partial charge in [-0.3, -0.25) is 9.59 Å². The minimum absolute atomic E-state index is 0.0353. The Morgan fingerprint density at radius 3 is 2.43 bits per heavy atom. The number of rotatable bonds is 12. The van der Waals surface area contributed by atoms with Gasteiger partial charge in [0.05, 0.1) is 6.54 Å². The van der Waals surface area contributed by atoms with Gasteiger partial charge in [-0.2, -0.15) is 0 Å². The minimum Gasteiger partial charge on any atom is -0.491 e. The Kier molecular flexibility index (Phi) is 9.32. The monoisotopic (exact) mass is 384 g/mol. The van der Waals surface area contributed by atoms with Crippen LogP contribution >= 0.6 is 0 Å². The van der Waals surface area contributed by atoms with Crippen LogP contribution < -0.4 is 10.1 Å². The quantitative estimate of drug-likeness (QED) is 0.559. The van der Waals surface area contributed by atoms with Crippen LogP contribution in [-0.2, 0) is 9.59 Å². The van der Waals surface area contributed by atoms with Gasteiger partial charge >= 0.3 is 0 Å². The summed E-state index contributed by atoms with van der Waals surface area (Å²) in [5.41, 5.74) is 0. The Balaban J connectivity index is 1.65. The zero-order valence-corrected chi connectivity index (χ0v) is 17.1. The average Bonchev–Trinajstić information content (AvgIpc) is 2.71. The predicted molar refractivity (Wildman–Crippen MR) is 113 cm³/mol. The third-order valence-corrected chi connectivity index (χ3v) is 4.57. The van der Waals surface area contributed by atoms with Crippen LogP contribution in [0.5, 0.6) is 5.75 Å². The average molecular weight is 385 g/mol. The van der Waals surface area contributed by atoms with E-state index in [1.807, 2.05) is 47.4 Å². The first-order chi connectivity index (χ1) is 13.7. The molecule has 0 aliphatic rings. The Morgan fingerprint density at radius 2 is 1.68 bits per heavy atom. The second-order valence-corrected chi connectivity index (χ2v) is 6.91. The van der Waals surface area contributed by atoms with Crippen molar-refractivity contribution < 1.29 is 14.3 Å². The molecule has 0 saturated carbocycles. The van der Waals surface area contributed by atoms with E-state index < -0.39 is 0 Å². The molecule has 0 saturated heterocycles. The van der Waals surface area contributed by atoms with Crippen LogP contribution in [0.3, 0.4) is 0 Å². The topological polar surface area (TPSA) is 58.6 Å². The summed E-state index contributed by atoms with van der Waals surface area (Å²) in [6.07, 6.45) is 3.30. The predicted octanol–water partition coefficient (Wildman–Crippen LogP) is 4.15.